The minimum absolute atomic E-state index is 0.446. The predicted octanol–water partition coefficient (Wildman–Crippen LogP) is 4.73. The topological polar surface area (TPSA) is 18.5 Å². The van der Waals surface area contributed by atoms with Crippen molar-refractivity contribution in [3.05, 3.63) is 42.0 Å². The van der Waals surface area contributed by atoms with Crippen LogP contribution in [-0.4, -0.2) is 18.3 Å². The minimum atomic E-state index is -4.35. The summed E-state index contributed by atoms with van der Waals surface area (Å²) < 4.78 is 51.4. The fraction of sp³-hybridized carbons (Fsp3) is 0.412. The molecule has 0 N–H and O–H groups in total. The van der Waals surface area contributed by atoms with E-state index >= 15 is 0 Å². The maximum atomic E-state index is 12.9. The molecule has 0 saturated carbocycles. The van der Waals surface area contributed by atoms with Gasteiger partial charge in [-0.3, -0.25) is 0 Å². The summed E-state index contributed by atoms with van der Waals surface area (Å²) in [6, 6.07) is 9.00. The molecular formula is C17H18BF3O2S. The molecular weight excluding hydrogens is 336 g/mol. The molecule has 24 heavy (non-hydrogen) atoms. The van der Waals surface area contributed by atoms with Crippen molar-refractivity contribution in [3.63, 3.8) is 0 Å². The Labute approximate surface area is 143 Å². The van der Waals surface area contributed by atoms with Gasteiger partial charge in [0.2, 0.25) is 0 Å². The van der Waals surface area contributed by atoms with Gasteiger partial charge < -0.3 is 9.31 Å². The van der Waals surface area contributed by atoms with Crippen molar-refractivity contribution in [3.8, 4) is 10.4 Å². The molecule has 128 valence electrons. The molecule has 1 saturated heterocycles. The highest BCUT2D eigenvalue weighted by Gasteiger charge is 2.52. The third-order valence-electron chi connectivity index (χ3n) is 4.59. The summed E-state index contributed by atoms with van der Waals surface area (Å²) >= 11 is 1.39. The molecule has 1 aromatic heterocycles. The molecule has 0 atom stereocenters. The molecule has 2 aromatic rings. The smallest absolute Gasteiger partial charge is 0.399 e. The average Bonchev–Trinajstić information content (AvgIpc) is 3.02. The van der Waals surface area contributed by atoms with Gasteiger partial charge in [-0.1, -0.05) is 18.2 Å². The highest BCUT2D eigenvalue weighted by atomic mass is 32.1. The van der Waals surface area contributed by atoms with E-state index in [1.165, 1.54) is 23.5 Å². The zero-order valence-electron chi connectivity index (χ0n) is 13.9. The van der Waals surface area contributed by atoms with Crippen LogP contribution in [0.1, 0.15) is 33.3 Å². The Kier molecular flexibility index (Phi) is 4.09. The molecule has 3 rings (SSSR count). The molecule has 2 heterocycles. The van der Waals surface area contributed by atoms with Gasteiger partial charge in [0.05, 0.1) is 16.8 Å². The van der Waals surface area contributed by atoms with E-state index in [2.05, 4.69) is 0 Å². The van der Waals surface area contributed by atoms with Crippen molar-refractivity contribution in [1.82, 2.24) is 0 Å². The Morgan fingerprint density at radius 1 is 0.958 bits per heavy atom. The molecule has 1 aromatic carbocycles. The summed E-state index contributed by atoms with van der Waals surface area (Å²) in [5.41, 5.74) is -1.00. The molecule has 1 fully saturated rings. The summed E-state index contributed by atoms with van der Waals surface area (Å²) in [7, 11) is -0.500. The van der Waals surface area contributed by atoms with E-state index in [1.54, 1.807) is 12.1 Å². The van der Waals surface area contributed by atoms with Crippen LogP contribution < -0.4 is 4.78 Å². The van der Waals surface area contributed by atoms with Crippen LogP contribution >= 0.6 is 11.3 Å². The van der Waals surface area contributed by atoms with Crippen LogP contribution in [0.25, 0.3) is 10.4 Å². The van der Waals surface area contributed by atoms with Crippen LogP contribution in [0.2, 0.25) is 0 Å². The Morgan fingerprint density at radius 3 is 2.17 bits per heavy atom. The van der Waals surface area contributed by atoms with E-state index in [1.807, 2.05) is 33.8 Å². The number of thiophene rings is 1. The van der Waals surface area contributed by atoms with E-state index in [9.17, 15) is 13.2 Å². The van der Waals surface area contributed by atoms with Crippen molar-refractivity contribution in [2.24, 2.45) is 0 Å². The highest BCUT2D eigenvalue weighted by molar-refractivity contribution is 7.25. The molecule has 1 aliphatic heterocycles. The quantitative estimate of drug-likeness (QED) is 0.726. The highest BCUT2D eigenvalue weighted by Crippen LogP contribution is 2.38. The first-order valence-corrected chi connectivity index (χ1v) is 8.44. The Balaban J connectivity index is 1.87. The maximum absolute atomic E-state index is 12.9. The van der Waals surface area contributed by atoms with Gasteiger partial charge in [-0.05, 0) is 51.5 Å². The third kappa shape index (κ3) is 3.12. The first-order chi connectivity index (χ1) is 11.0. The summed E-state index contributed by atoms with van der Waals surface area (Å²) in [4.78, 5) is 0.755. The minimum Gasteiger partial charge on any atom is -0.399 e. The third-order valence-corrected chi connectivity index (χ3v) is 5.74. The zero-order chi connectivity index (χ0) is 17.8. The van der Waals surface area contributed by atoms with Gasteiger partial charge in [0.1, 0.15) is 0 Å². The van der Waals surface area contributed by atoms with Crippen LogP contribution in [0.4, 0.5) is 13.2 Å². The lowest BCUT2D eigenvalue weighted by molar-refractivity contribution is -0.137. The van der Waals surface area contributed by atoms with Crippen LogP contribution in [0.15, 0.2) is 36.4 Å². The number of rotatable bonds is 2. The number of benzene rings is 1. The van der Waals surface area contributed by atoms with Gasteiger partial charge in [0.25, 0.3) is 0 Å². The van der Waals surface area contributed by atoms with Crippen LogP contribution in [0.5, 0.6) is 0 Å². The summed E-state index contributed by atoms with van der Waals surface area (Å²) in [5.74, 6) is 0. The number of hydrogen-bond donors (Lipinski definition) is 0. The van der Waals surface area contributed by atoms with Crippen molar-refractivity contribution >= 4 is 23.2 Å². The lowest BCUT2D eigenvalue weighted by atomic mass is 9.88. The van der Waals surface area contributed by atoms with Gasteiger partial charge in [-0.25, -0.2) is 0 Å². The SMILES string of the molecule is CC1(C)OB(c2ccc(-c3cccc(C(F)(F)F)c3)s2)OC1(C)C. The number of alkyl halides is 3. The normalized spacial score (nSPS) is 19.7. The van der Waals surface area contributed by atoms with Gasteiger partial charge in [-0.15, -0.1) is 11.3 Å². The number of halogens is 3. The largest absolute Gasteiger partial charge is 0.505 e. The fourth-order valence-electron chi connectivity index (χ4n) is 2.44. The molecule has 1 aliphatic rings. The molecule has 0 amide bonds. The van der Waals surface area contributed by atoms with E-state index in [0.29, 0.717) is 5.56 Å². The van der Waals surface area contributed by atoms with E-state index in [4.69, 9.17) is 9.31 Å². The second-order valence-electron chi connectivity index (χ2n) is 6.87. The second-order valence-corrected chi connectivity index (χ2v) is 7.98. The number of hydrogen-bond acceptors (Lipinski definition) is 3. The molecule has 0 radical (unpaired) electrons. The molecule has 0 spiro atoms. The van der Waals surface area contributed by atoms with E-state index in [0.717, 1.165) is 15.7 Å². The summed E-state index contributed by atoms with van der Waals surface area (Å²) in [6.07, 6.45) is -4.35. The van der Waals surface area contributed by atoms with Crippen molar-refractivity contribution in [2.75, 3.05) is 0 Å². The zero-order valence-corrected chi connectivity index (χ0v) is 14.7. The van der Waals surface area contributed by atoms with Crippen molar-refractivity contribution in [2.45, 2.75) is 45.1 Å². The lowest BCUT2D eigenvalue weighted by Crippen LogP contribution is -2.41. The summed E-state index contributed by atoms with van der Waals surface area (Å²) in [6.45, 7) is 7.87. The van der Waals surface area contributed by atoms with E-state index < -0.39 is 30.1 Å². The van der Waals surface area contributed by atoms with Crippen molar-refractivity contribution < 1.29 is 22.5 Å². The molecule has 0 unspecified atom stereocenters. The van der Waals surface area contributed by atoms with Gasteiger partial charge in [0.15, 0.2) is 0 Å². The van der Waals surface area contributed by atoms with Gasteiger partial charge in [-0.2, -0.15) is 13.2 Å². The Morgan fingerprint density at radius 2 is 1.58 bits per heavy atom. The van der Waals surface area contributed by atoms with E-state index in [-0.39, 0.29) is 0 Å². The lowest BCUT2D eigenvalue weighted by Gasteiger charge is -2.32. The van der Waals surface area contributed by atoms with Crippen molar-refractivity contribution in [1.29, 1.82) is 0 Å². The maximum Gasteiger partial charge on any atom is 0.505 e. The Hall–Kier alpha value is -1.31. The molecule has 7 heteroatoms. The van der Waals surface area contributed by atoms with Crippen LogP contribution in [0, 0.1) is 0 Å². The fourth-order valence-corrected chi connectivity index (χ4v) is 3.41. The molecule has 2 nitrogen and oxygen atoms in total. The van der Waals surface area contributed by atoms with Crippen LogP contribution in [0.3, 0.4) is 0 Å². The monoisotopic (exact) mass is 354 g/mol. The predicted molar refractivity (Wildman–Crippen MR) is 90.5 cm³/mol. The first kappa shape index (κ1) is 17.5. The second kappa shape index (κ2) is 5.61. The van der Waals surface area contributed by atoms with Crippen LogP contribution in [-0.2, 0) is 15.5 Å². The molecule has 0 bridgehead atoms. The van der Waals surface area contributed by atoms with Gasteiger partial charge in [0, 0.05) is 9.65 Å². The summed E-state index contributed by atoms with van der Waals surface area (Å²) in [5, 5.41) is 0. The average molecular weight is 354 g/mol. The Bertz CT molecular complexity index is 736. The molecule has 0 aliphatic carbocycles. The standard InChI is InChI=1S/C17H18BF3O2S/c1-15(2)16(3,4)23-18(22-15)14-9-8-13(24-14)11-6-5-7-12(10-11)17(19,20)21/h5-10H,1-4H3. The van der Waals surface area contributed by atoms with Gasteiger partial charge >= 0.3 is 13.3 Å². The first-order valence-electron chi connectivity index (χ1n) is 7.63.